The third-order valence-electron chi connectivity index (χ3n) is 4.08. The molecule has 0 saturated carbocycles. The van der Waals surface area contributed by atoms with Gasteiger partial charge in [-0.3, -0.25) is 4.90 Å². The van der Waals surface area contributed by atoms with Gasteiger partial charge in [-0.05, 0) is 18.4 Å². The molecule has 3 nitrogen and oxygen atoms in total. The first kappa shape index (κ1) is 13.7. The van der Waals surface area contributed by atoms with Gasteiger partial charge >= 0.3 is 0 Å². The van der Waals surface area contributed by atoms with Crippen molar-refractivity contribution in [2.24, 2.45) is 0 Å². The quantitative estimate of drug-likeness (QED) is 0.804. The molecule has 0 amide bonds. The van der Waals surface area contributed by atoms with Crippen LogP contribution in [0.1, 0.15) is 30.1 Å². The summed E-state index contributed by atoms with van der Waals surface area (Å²) in [7, 11) is 0. The first-order valence-electron chi connectivity index (χ1n) is 7.20. The van der Waals surface area contributed by atoms with Crippen molar-refractivity contribution < 1.29 is 0 Å². The van der Waals surface area contributed by atoms with Crippen LogP contribution in [-0.4, -0.2) is 27.5 Å². The summed E-state index contributed by atoms with van der Waals surface area (Å²) in [5.41, 5.74) is 2.53. The summed E-state index contributed by atoms with van der Waals surface area (Å²) in [4.78, 5) is 6.75. The van der Waals surface area contributed by atoms with Crippen molar-refractivity contribution >= 4 is 11.6 Å². The van der Waals surface area contributed by atoms with Gasteiger partial charge in [0.05, 0.1) is 17.9 Å². The van der Waals surface area contributed by atoms with Crippen molar-refractivity contribution in [1.29, 1.82) is 0 Å². The highest BCUT2D eigenvalue weighted by molar-refractivity contribution is 6.16. The van der Waals surface area contributed by atoms with E-state index in [4.69, 9.17) is 11.6 Å². The van der Waals surface area contributed by atoms with Gasteiger partial charge in [0.2, 0.25) is 0 Å². The molecule has 0 spiro atoms. The highest BCUT2D eigenvalue weighted by atomic mass is 35.5. The fourth-order valence-electron chi connectivity index (χ4n) is 2.96. The number of halogens is 1. The molecule has 2 aromatic rings. The van der Waals surface area contributed by atoms with Crippen LogP contribution in [0.5, 0.6) is 0 Å². The second-order valence-corrected chi connectivity index (χ2v) is 5.69. The SMILES string of the molecule is ClCc1cncn1C1CCN(Cc2ccccc2)CC1. The number of alkyl halides is 1. The van der Waals surface area contributed by atoms with E-state index < -0.39 is 0 Å². The molecule has 1 aromatic carbocycles. The second-order valence-electron chi connectivity index (χ2n) is 5.42. The summed E-state index contributed by atoms with van der Waals surface area (Å²) >= 11 is 5.96. The van der Waals surface area contributed by atoms with E-state index in [1.165, 1.54) is 18.4 Å². The molecule has 0 bridgehead atoms. The molecule has 2 heterocycles. The maximum Gasteiger partial charge on any atom is 0.0951 e. The zero-order chi connectivity index (χ0) is 13.8. The fourth-order valence-corrected chi connectivity index (χ4v) is 3.17. The van der Waals surface area contributed by atoms with Gasteiger partial charge in [-0.2, -0.15) is 0 Å². The molecule has 3 rings (SSSR count). The summed E-state index contributed by atoms with van der Waals surface area (Å²) in [5.74, 6) is 0.546. The number of aromatic nitrogens is 2. The topological polar surface area (TPSA) is 21.1 Å². The molecular weight excluding hydrogens is 270 g/mol. The molecular formula is C16H20ClN3. The van der Waals surface area contributed by atoms with E-state index in [1.807, 2.05) is 12.5 Å². The smallest absolute Gasteiger partial charge is 0.0951 e. The van der Waals surface area contributed by atoms with E-state index in [1.54, 1.807) is 0 Å². The van der Waals surface area contributed by atoms with Crippen LogP contribution in [0.25, 0.3) is 0 Å². The molecule has 0 radical (unpaired) electrons. The Balaban J connectivity index is 1.57. The Bertz CT molecular complexity index is 530. The average molecular weight is 290 g/mol. The number of hydrogen-bond donors (Lipinski definition) is 0. The summed E-state index contributed by atoms with van der Waals surface area (Å²) in [5, 5.41) is 0. The first-order valence-corrected chi connectivity index (χ1v) is 7.73. The van der Waals surface area contributed by atoms with Crippen molar-refractivity contribution in [3.05, 3.63) is 54.1 Å². The van der Waals surface area contributed by atoms with Gasteiger partial charge in [0, 0.05) is 31.9 Å². The van der Waals surface area contributed by atoms with Gasteiger partial charge in [0.1, 0.15) is 0 Å². The van der Waals surface area contributed by atoms with Gasteiger partial charge in [0.25, 0.3) is 0 Å². The Kier molecular flexibility index (Phi) is 4.38. The van der Waals surface area contributed by atoms with Crippen molar-refractivity contribution in [2.45, 2.75) is 31.3 Å². The van der Waals surface area contributed by atoms with Crippen molar-refractivity contribution in [1.82, 2.24) is 14.5 Å². The largest absolute Gasteiger partial charge is 0.330 e. The number of piperidine rings is 1. The summed E-state index contributed by atoms with van der Waals surface area (Å²) in [6, 6.07) is 11.3. The minimum Gasteiger partial charge on any atom is -0.330 e. The molecule has 0 atom stereocenters. The molecule has 0 unspecified atom stereocenters. The van der Waals surface area contributed by atoms with E-state index in [0.29, 0.717) is 11.9 Å². The van der Waals surface area contributed by atoms with Crippen LogP contribution >= 0.6 is 11.6 Å². The van der Waals surface area contributed by atoms with Crippen LogP contribution in [0.4, 0.5) is 0 Å². The summed E-state index contributed by atoms with van der Waals surface area (Å²) in [6.45, 7) is 3.33. The Labute approximate surface area is 125 Å². The number of rotatable bonds is 4. The van der Waals surface area contributed by atoms with Gasteiger partial charge < -0.3 is 4.57 Å². The van der Waals surface area contributed by atoms with E-state index in [9.17, 15) is 0 Å². The van der Waals surface area contributed by atoms with Crippen LogP contribution < -0.4 is 0 Å². The van der Waals surface area contributed by atoms with Crippen molar-refractivity contribution in [3.63, 3.8) is 0 Å². The van der Waals surface area contributed by atoms with Crippen LogP contribution in [0.2, 0.25) is 0 Å². The van der Waals surface area contributed by atoms with E-state index in [0.717, 1.165) is 25.3 Å². The Hall–Kier alpha value is -1.32. The third kappa shape index (κ3) is 3.05. The molecule has 1 aliphatic heterocycles. The summed E-state index contributed by atoms with van der Waals surface area (Å²) < 4.78 is 2.26. The minimum atomic E-state index is 0.546. The molecule has 0 aliphatic carbocycles. The molecule has 106 valence electrons. The Morgan fingerprint density at radius 1 is 1.15 bits per heavy atom. The predicted octanol–water partition coefficient (Wildman–Crippen LogP) is 3.46. The maximum absolute atomic E-state index is 5.96. The standard InChI is InChI=1S/C16H20ClN3/c17-10-16-11-18-13-20(16)15-6-8-19(9-7-15)12-14-4-2-1-3-5-14/h1-5,11,13,15H,6-10,12H2. The second kappa shape index (κ2) is 6.42. The van der Waals surface area contributed by atoms with Gasteiger partial charge in [-0.15, -0.1) is 11.6 Å². The third-order valence-corrected chi connectivity index (χ3v) is 4.36. The summed E-state index contributed by atoms with van der Waals surface area (Å²) in [6.07, 6.45) is 6.15. The number of likely N-dealkylation sites (tertiary alicyclic amines) is 1. The number of imidazole rings is 1. The molecule has 4 heteroatoms. The van der Waals surface area contributed by atoms with Gasteiger partial charge in [-0.25, -0.2) is 4.98 Å². The Morgan fingerprint density at radius 2 is 1.90 bits per heavy atom. The van der Waals surface area contributed by atoms with Crippen LogP contribution in [-0.2, 0) is 12.4 Å². The van der Waals surface area contributed by atoms with Gasteiger partial charge in [0.15, 0.2) is 0 Å². The monoisotopic (exact) mass is 289 g/mol. The van der Waals surface area contributed by atoms with Crippen LogP contribution in [0.15, 0.2) is 42.9 Å². The predicted molar refractivity (Wildman–Crippen MR) is 81.8 cm³/mol. The van der Waals surface area contributed by atoms with Gasteiger partial charge in [-0.1, -0.05) is 30.3 Å². The van der Waals surface area contributed by atoms with E-state index in [-0.39, 0.29) is 0 Å². The average Bonchev–Trinajstić information content (AvgIpc) is 2.98. The highest BCUT2D eigenvalue weighted by Gasteiger charge is 2.21. The van der Waals surface area contributed by atoms with Crippen molar-refractivity contribution in [3.8, 4) is 0 Å². The van der Waals surface area contributed by atoms with E-state index >= 15 is 0 Å². The number of hydrogen-bond acceptors (Lipinski definition) is 2. The van der Waals surface area contributed by atoms with Crippen LogP contribution in [0, 0.1) is 0 Å². The normalized spacial score (nSPS) is 17.4. The zero-order valence-electron chi connectivity index (χ0n) is 11.6. The maximum atomic E-state index is 5.96. The highest BCUT2D eigenvalue weighted by Crippen LogP contribution is 2.25. The fraction of sp³-hybridized carbons (Fsp3) is 0.438. The minimum absolute atomic E-state index is 0.546. The lowest BCUT2D eigenvalue weighted by Gasteiger charge is -2.33. The number of benzene rings is 1. The molecule has 20 heavy (non-hydrogen) atoms. The lowest BCUT2D eigenvalue weighted by Crippen LogP contribution is -2.34. The lowest BCUT2D eigenvalue weighted by molar-refractivity contribution is 0.178. The van der Waals surface area contributed by atoms with Crippen LogP contribution in [0.3, 0.4) is 0 Å². The zero-order valence-corrected chi connectivity index (χ0v) is 12.3. The Morgan fingerprint density at radius 3 is 2.60 bits per heavy atom. The molecule has 0 N–H and O–H groups in total. The number of nitrogens with zero attached hydrogens (tertiary/aromatic N) is 3. The molecule has 1 saturated heterocycles. The van der Waals surface area contributed by atoms with E-state index in [2.05, 4.69) is 44.8 Å². The lowest BCUT2D eigenvalue weighted by atomic mass is 10.0. The molecule has 1 fully saturated rings. The molecule has 1 aliphatic rings. The molecule has 1 aromatic heterocycles. The van der Waals surface area contributed by atoms with Crippen molar-refractivity contribution in [2.75, 3.05) is 13.1 Å². The first-order chi connectivity index (χ1) is 9.86.